The zero-order valence-electron chi connectivity index (χ0n) is 22.5. The van der Waals surface area contributed by atoms with Crippen molar-refractivity contribution in [1.82, 2.24) is 15.2 Å². The van der Waals surface area contributed by atoms with Gasteiger partial charge in [-0.15, -0.1) is 0 Å². The minimum absolute atomic E-state index is 0.0316. The van der Waals surface area contributed by atoms with Crippen molar-refractivity contribution in [1.29, 1.82) is 0 Å². The van der Waals surface area contributed by atoms with Crippen molar-refractivity contribution in [3.8, 4) is 0 Å². The number of hydrogen-bond donors (Lipinski definition) is 3. The third kappa shape index (κ3) is 6.07. The molecule has 3 heterocycles. The summed E-state index contributed by atoms with van der Waals surface area (Å²) in [5, 5.41) is 7.50. The molecule has 0 spiro atoms. The van der Waals surface area contributed by atoms with Crippen molar-refractivity contribution in [3.63, 3.8) is 0 Å². The van der Waals surface area contributed by atoms with Crippen LogP contribution in [0.5, 0.6) is 0 Å². The Kier molecular flexibility index (Phi) is 8.56. The lowest BCUT2D eigenvalue weighted by atomic mass is 9.83. The van der Waals surface area contributed by atoms with Gasteiger partial charge in [0.05, 0.1) is 22.4 Å². The molecule has 0 radical (unpaired) electrons. The highest BCUT2D eigenvalue weighted by molar-refractivity contribution is 6.31. The van der Waals surface area contributed by atoms with Gasteiger partial charge >= 0.3 is 0 Å². The summed E-state index contributed by atoms with van der Waals surface area (Å²) in [5.74, 6) is 10.2. The van der Waals surface area contributed by atoms with E-state index in [1.54, 1.807) is 17.2 Å². The molecule has 208 valence electrons. The second kappa shape index (κ2) is 11.7. The van der Waals surface area contributed by atoms with Crippen LogP contribution >= 0.6 is 11.6 Å². The lowest BCUT2D eigenvalue weighted by Crippen LogP contribution is -2.41. The molecule has 2 atom stereocenters. The number of hydrazone groups is 1. The highest BCUT2D eigenvalue weighted by Crippen LogP contribution is 2.38. The number of rotatable bonds is 4. The molecule has 2 aromatic rings. The van der Waals surface area contributed by atoms with Crippen LogP contribution in [0.15, 0.2) is 41.6 Å². The number of aromatic nitrogens is 1. The summed E-state index contributed by atoms with van der Waals surface area (Å²) in [6.07, 6.45) is 6.80. The summed E-state index contributed by atoms with van der Waals surface area (Å²) in [4.78, 5) is 32.7. The number of carbonyl (C=O) groups is 2. The lowest BCUT2D eigenvalue weighted by molar-refractivity contribution is -0.129. The molecular formula is C28H35ClFN7O2. The van der Waals surface area contributed by atoms with E-state index in [1.807, 2.05) is 19.1 Å². The standard InChI is InChI=1S/C28H35ClFN7O2/c1-17-5-4-6-22(21-14-19(9-11-33-21)28(2,3)15-34-27(17)39)36-12-10-18(13-24(36)38)25-23(37(32)16-35-31)8-7-20(29)26(25)30/h7-9,11,13-14,16-17,22H,4-6,10,12,15,31-32H2,1-3H3,(H,34,39)/b35-16-. The van der Waals surface area contributed by atoms with E-state index in [-0.39, 0.29) is 45.5 Å². The molecule has 1 aromatic heterocycles. The number of halogens is 2. The number of amides is 2. The Hall–Kier alpha value is -3.50. The summed E-state index contributed by atoms with van der Waals surface area (Å²) in [6.45, 7) is 6.92. The summed E-state index contributed by atoms with van der Waals surface area (Å²) in [5.41, 5.74) is 2.41. The molecule has 0 saturated carbocycles. The summed E-state index contributed by atoms with van der Waals surface area (Å²) in [6, 6.07) is 6.64. The Balaban J connectivity index is 1.71. The number of hydrogen-bond acceptors (Lipinski definition) is 6. The van der Waals surface area contributed by atoms with Crippen LogP contribution < -0.4 is 22.0 Å². The monoisotopic (exact) mass is 555 g/mol. The number of nitrogens with zero attached hydrogens (tertiary/aromatic N) is 4. The molecule has 0 saturated heterocycles. The third-order valence-corrected chi connectivity index (χ3v) is 7.90. The van der Waals surface area contributed by atoms with Crippen LogP contribution in [0.4, 0.5) is 10.1 Å². The highest BCUT2D eigenvalue weighted by Gasteiger charge is 2.32. The van der Waals surface area contributed by atoms with Gasteiger partial charge in [-0.1, -0.05) is 38.8 Å². The minimum atomic E-state index is -0.669. The molecule has 2 aliphatic heterocycles. The third-order valence-electron chi connectivity index (χ3n) is 7.61. The first-order valence-corrected chi connectivity index (χ1v) is 13.4. The van der Waals surface area contributed by atoms with E-state index < -0.39 is 5.82 Å². The molecule has 2 amide bonds. The maximum Gasteiger partial charge on any atom is 0.247 e. The molecule has 9 nitrogen and oxygen atoms in total. The Bertz CT molecular complexity index is 1310. The van der Waals surface area contributed by atoms with E-state index in [0.717, 1.165) is 29.0 Å². The largest absolute Gasteiger partial charge is 0.355 e. The predicted octanol–water partition coefficient (Wildman–Crippen LogP) is 4.03. The highest BCUT2D eigenvalue weighted by atomic mass is 35.5. The topological polar surface area (TPSA) is 130 Å². The number of pyridine rings is 1. The fourth-order valence-electron chi connectivity index (χ4n) is 5.20. The Morgan fingerprint density at radius 3 is 2.77 bits per heavy atom. The van der Waals surface area contributed by atoms with Crippen molar-refractivity contribution in [2.45, 2.75) is 57.9 Å². The van der Waals surface area contributed by atoms with Crippen LogP contribution in [-0.2, 0) is 15.0 Å². The van der Waals surface area contributed by atoms with Crippen molar-refractivity contribution in [2.24, 2.45) is 22.7 Å². The average Bonchev–Trinajstić information content (AvgIpc) is 2.91. The van der Waals surface area contributed by atoms with E-state index in [1.165, 1.54) is 12.1 Å². The van der Waals surface area contributed by atoms with Crippen molar-refractivity contribution in [2.75, 3.05) is 18.1 Å². The van der Waals surface area contributed by atoms with Crippen LogP contribution in [0.2, 0.25) is 5.02 Å². The number of hydrazine groups is 1. The van der Waals surface area contributed by atoms with Gasteiger partial charge in [-0.25, -0.2) is 10.2 Å². The van der Waals surface area contributed by atoms with Gasteiger partial charge in [-0.2, -0.15) is 5.10 Å². The second-order valence-corrected chi connectivity index (χ2v) is 11.2. The lowest BCUT2D eigenvalue weighted by Gasteiger charge is -2.36. The molecule has 2 unspecified atom stereocenters. The summed E-state index contributed by atoms with van der Waals surface area (Å²) in [7, 11) is 0. The van der Waals surface area contributed by atoms with E-state index >= 15 is 4.39 Å². The minimum Gasteiger partial charge on any atom is -0.355 e. The molecule has 4 rings (SSSR count). The fraction of sp³-hybridized carbons (Fsp3) is 0.429. The number of nitrogens with one attached hydrogen (secondary N) is 1. The Morgan fingerprint density at radius 1 is 1.28 bits per heavy atom. The summed E-state index contributed by atoms with van der Waals surface area (Å²) >= 11 is 6.09. The van der Waals surface area contributed by atoms with Crippen LogP contribution in [-0.4, -0.2) is 41.1 Å². The molecule has 1 aromatic carbocycles. The zero-order valence-corrected chi connectivity index (χ0v) is 23.2. The van der Waals surface area contributed by atoms with Gasteiger partial charge in [0.25, 0.3) is 0 Å². The van der Waals surface area contributed by atoms with E-state index in [4.69, 9.17) is 23.3 Å². The van der Waals surface area contributed by atoms with Gasteiger partial charge in [0.1, 0.15) is 6.34 Å². The fourth-order valence-corrected chi connectivity index (χ4v) is 5.36. The van der Waals surface area contributed by atoms with Crippen LogP contribution in [0.25, 0.3) is 5.57 Å². The Labute approximate surface area is 233 Å². The van der Waals surface area contributed by atoms with Crippen molar-refractivity contribution in [3.05, 3.63) is 64.2 Å². The number of nitrogens with two attached hydrogens (primary N) is 2. The van der Waals surface area contributed by atoms with Crippen LogP contribution in [0, 0.1) is 11.7 Å². The van der Waals surface area contributed by atoms with Gasteiger partial charge in [0, 0.05) is 42.3 Å². The quantitative estimate of drug-likeness (QED) is 0.226. The van der Waals surface area contributed by atoms with Crippen LogP contribution in [0.1, 0.15) is 69.3 Å². The second-order valence-electron chi connectivity index (χ2n) is 10.8. The molecule has 2 aliphatic rings. The molecule has 5 N–H and O–H groups in total. The maximum atomic E-state index is 15.3. The summed E-state index contributed by atoms with van der Waals surface area (Å²) < 4.78 is 15.3. The zero-order chi connectivity index (χ0) is 28.3. The smallest absolute Gasteiger partial charge is 0.247 e. The number of fused-ring (bicyclic) bond motifs is 2. The maximum absolute atomic E-state index is 15.3. The van der Waals surface area contributed by atoms with Gasteiger partial charge in [-0.3, -0.25) is 19.6 Å². The first kappa shape index (κ1) is 28.5. The number of carbonyl (C=O) groups excluding carboxylic acids is 2. The molecule has 39 heavy (non-hydrogen) atoms. The number of anilines is 1. The van der Waals surface area contributed by atoms with Gasteiger partial charge in [0.15, 0.2) is 5.82 Å². The predicted molar refractivity (Wildman–Crippen MR) is 151 cm³/mol. The van der Waals surface area contributed by atoms with Gasteiger partial charge < -0.3 is 16.1 Å². The van der Waals surface area contributed by atoms with E-state index in [9.17, 15) is 9.59 Å². The first-order valence-electron chi connectivity index (χ1n) is 13.0. The van der Waals surface area contributed by atoms with E-state index in [0.29, 0.717) is 37.9 Å². The molecule has 2 bridgehead atoms. The molecular weight excluding hydrogens is 521 g/mol. The van der Waals surface area contributed by atoms with Gasteiger partial charge in [0.2, 0.25) is 11.8 Å². The van der Waals surface area contributed by atoms with Crippen molar-refractivity contribution < 1.29 is 14.0 Å². The van der Waals surface area contributed by atoms with Crippen LogP contribution in [0.3, 0.4) is 0 Å². The molecule has 0 fully saturated rings. The average molecular weight is 556 g/mol. The molecule has 0 aliphatic carbocycles. The Morgan fingerprint density at radius 2 is 2.05 bits per heavy atom. The molecule has 11 heteroatoms. The first-order chi connectivity index (χ1) is 18.5. The van der Waals surface area contributed by atoms with E-state index in [2.05, 4.69) is 29.2 Å². The number of benzene rings is 1. The normalized spacial score (nSPS) is 22.1. The van der Waals surface area contributed by atoms with Gasteiger partial charge in [-0.05, 0) is 54.7 Å². The van der Waals surface area contributed by atoms with Crippen molar-refractivity contribution >= 4 is 41.0 Å². The SMILES string of the molecule is CC1CCCC(N2CCC(c3c(N(N)/C=N\N)ccc(Cl)c3F)=CC2=O)c2cc(ccn2)C(C)(C)CNC1=O.